The molecule has 2 aromatic rings. The molecule has 0 amide bonds. The Hall–Kier alpha value is -1.59. The van der Waals surface area contributed by atoms with E-state index >= 15 is 0 Å². The third-order valence-corrected chi connectivity index (χ3v) is 3.10. The van der Waals surface area contributed by atoms with Gasteiger partial charge in [-0.2, -0.15) is 15.0 Å². The van der Waals surface area contributed by atoms with Gasteiger partial charge in [-0.25, -0.2) is 0 Å². The molecule has 0 aliphatic heterocycles. The van der Waals surface area contributed by atoms with Crippen LogP contribution in [0.4, 0.5) is 5.95 Å². The molecule has 20 heavy (non-hydrogen) atoms. The number of nitrogens with one attached hydrogen (secondary N) is 1. The highest BCUT2D eigenvalue weighted by Crippen LogP contribution is 2.27. The van der Waals surface area contributed by atoms with E-state index in [4.69, 9.17) is 27.9 Å². The first-order chi connectivity index (χ1) is 9.49. The maximum Gasteiger partial charge on any atom is 0.322 e. The van der Waals surface area contributed by atoms with Crippen LogP contribution in [0.3, 0.4) is 0 Å². The molecule has 1 N–H and O–H groups in total. The van der Waals surface area contributed by atoms with Crippen molar-refractivity contribution in [3.05, 3.63) is 28.2 Å². The quantitative estimate of drug-likeness (QED) is 0.933. The van der Waals surface area contributed by atoms with Crippen LogP contribution in [0.25, 0.3) is 11.4 Å². The molecule has 0 saturated heterocycles. The zero-order valence-corrected chi connectivity index (χ0v) is 12.8. The second kappa shape index (κ2) is 6.24. The predicted octanol–water partition coefficient (Wildman–Crippen LogP) is 3.67. The summed E-state index contributed by atoms with van der Waals surface area (Å²) in [6.45, 7) is 3.81. The topological polar surface area (TPSA) is 59.9 Å². The smallest absolute Gasteiger partial charge is 0.322 e. The Morgan fingerprint density at radius 1 is 1.10 bits per heavy atom. The lowest BCUT2D eigenvalue weighted by atomic mass is 10.2. The second-order valence-electron chi connectivity index (χ2n) is 4.31. The minimum Gasteiger partial charge on any atom is -0.461 e. The van der Waals surface area contributed by atoms with Gasteiger partial charge >= 0.3 is 6.01 Å². The summed E-state index contributed by atoms with van der Waals surface area (Å²) >= 11 is 11.9. The Bertz CT molecular complexity index is 619. The molecule has 7 heteroatoms. The Labute approximate surface area is 127 Å². The second-order valence-corrected chi connectivity index (χ2v) is 5.13. The number of halogens is 2. The third kappa shape index (κ3) is 3.49. The summed E-state index contributed by atoms with van der Waals surface area (Å²) in [4.78, 5) is 12.7. The number of nitrogens with zero attached hydrogens (tertiary/aromatic N) is 3. The summed E-state index contributed by atoms with van der Waals surface area (Å²) in [5, 5.41) is 3.81. The number of ether oxygens (including phenoxy) is 1. The lowest BCUT2D eigenvalue weighted by molar-refractivity contribution is 0.222. The fourth-order valence-corrected chi connectivity index (χ4v) is 1.79. The van der Waals surface area contributed by atoms with Gasteiger partial charge in [0.25, 0.3) is 0 Å². The van der Waals surface area contributed by atoms with Crippen LogP contribution in [0.2, 0.25) is 10.0 Å². The van der Waals surface area contributed by atoms with Crippen molar-refractivity contribution in [1.29, 1.82) is 0 Å². The third-order valence-electron chi connectivity index (χ3n) is 2.36. The van der Waals surface area contributed by atoms with Crippen LogP contribution in [0.5, 0.6) is 6.01 Å². The van der Waals surface area contributed by atoms with E-state index in [0.29, 0.717) is 21.8 Å². The summed E-state index contributed by atoms with van der Waals surface area (Å²) in [5.74, 6) is 0.898. The van der Waals surface area contributed by atoms with Gasteiger partial charge in [-0.15, -0.1) is 0 Å². The van der Waals surface area contributed by atoms with Crippen LogP contribution in [0.15, 0.2) is 18.2 Å². The largest absolute Gasteiger partial charge is 0.461 e. The van der Waals surface area contributed by atoms with E-state index in [2.05, 4.69) is 20.3 Å². The molecule has 0 unspecified atom stereocenters. The fourth-order valence-electron chi connectivity index (χ4n) is 1.50. The highest BCUT2D eigenvalue weighted by molar-refractivity contribution is 6.42. The molecule has 5 nitrogen and oxygen atoms in total. The van der Waals surface area contributed by atoms with Gasteiger partial charge in [0, 0.05) is 12.6 Å². The van der Waals surface area contributed by atoms with Gasteiger partial charge in [0.1, 0.15) is 0 Å². The number of benzene rings is 1. The van der Waals surface area contributed by atoms with Crippen molar-refractivity contribution >= 4 is 29.2 Å². The van der Waals surface area contributed by atoms with E-state index < -0.39 is 0 Å². The zero-order chi connectivity index (χ0) is 14.7. The highest BCUT2D eigenvalue weighted by atomic mass is 35.5. The van der Waals surface area contributed by atoms with Crippen LogP contribution < -0.4 is 10.1 Å². The molecule has 0 radical (unpaired) electrons. The van der Waals surface area contributed by atoms with Crippen LogP contribution in [-0.4, -0.2) is 28.1 Å². The fraction of sp³-hybridized carbons (Fsp3) is 0.308. The summed E-state index contributed by atoms with van der Waals surface area (Å²) < 4.78 is 5.51. The van der Waals surface area contributed by atoms with Crippen LogP contribution in [0.1, 0.15) is 13.8 Å². The van der Waals surface area contributed by atoms with Gasteiger partial charge in [-0.3, -0.25) is 0 Å². The summed E-state index contributed by atoms with van der Waals surface area (Å²) in [7, 11) is 1.73. The summed E-state index contributed by atoms with van der Waals surface area (Å²) in [5.41, 5.74) is 0.743. The molecule has 0 saturated carbocycles. The highest BCUT2D eigenvalue weighted by Gasteiger charge is 2.11. The minimum absolute atomic E-state index is 0.0243. The Kier molecular flexibility index (Phi) is 4.62. The molecule has 1 aromatic heterocycles. The van der Waals surface area contributed by atoms with Gasteiger partial charge in [-0.1, -0.05) is 23.2 Å². The van der Waals surface area contributed by atoms with Crippen molar-refractivity contribution in [1.82, 2.24) is 15.0 Å². The molecular weight excluding hydrogens is 299 g/mol. The van der Waals surface area contributed by atoms with E-state index in [1.807, 2.05) is 13.8 Å². The van der Waals surface area contributed by atoms with Crippen molar-refractivity contribution in [3.63, 3.8) is 0 Å². The van der Waals surface area contributed by atoms with Crippen LogP contribution in [0, 0.1) is 0 Å². The first kappa shape index (κ1) is 14.8. The molecule has 2 rings (SSSR count). The Morgan fingerprint density at radius 3 is 2.45 bits per heavy atom. The molecular formula is C13H14Cl2N4O. The molecule has 1 aromatic carbocycles. The molecule has 0 aliphatic rings. The lowest BCUT2D eigenvalue weighted by Crippen LogP contribution is -2.11. The molecule has 1 heterocycles. The Morgan fingerprint density at radius 2 is 1.85 bits per heavy atom. The van der Waals surface area contributed by atoms with Crippen molar-refractivity contribution in [3.8, 4) is 17.4 Å². The van der Waals surface area contributed by atoms with Crippen molar-refractivity contribution in [2.24, 2.45) is 0 Å². The standard InChI is InChI=1S/C13H14Cl2N4O/c1-7(2)20-13-18-11(17-12(16-3)19-13)8-4-5-9(14)10(15)6-8/h4-7H,1-3H3,(H,16,17,18,19). The maximum atomic E-state index is 6.01. The number of rotatable bonds is 4. The molecule has 106 valence electrons. The summed E-state index contributed by atoms with van der Waals surface area (Å²) in [6, 6.07) is 5.46. The van der Waals surface area contributed by atoms with Gasteiger partial charge in [0.15, 0.2) is 5.82 Å². The van der Waals surface area contributed by atoms with Gasteiger partial charge in [0.2, 0.25) is 5.95 Å². The van der Waals surface area contributed by atoms with Crippen LogP contribution in [-0.2, 0) is 0 Å². The average molecular weight is 313 g/mol. The normalized spacial score (nSPS) is 10.7. The predicted molar refractivity (Wildman–Crippen MR) is 80.6 cm³/mol. The molecule has 0 aliphatic carbocycles. The molecule has 0 fully saturated rings. The van der Waals surface area contributed by atoms with Gasteiger partial charge in [0.05, 0.1) is 16.1 Å². The van der Waals surface area contributed by atoms with Crippen molar-refractivity contribution < 1.29 is 4.74 Å². The minimum atomic E-state index is -0.0243. The first-order valence-electron chi connectivity index (χ1n) is 6.05. The first-order valence-corrected chi connectivity index (χ1v) is 6.81. The van der Waals surface area contributed by atoms with E-state index in [0.717, 1.165) is 5.56 Å². The molecule has 0 spiro atoms. The lowest BCUT2D eigenvalue weighted by Gasteiger charge is -2.10. The van der Waals surface area contributed by atoms with Gasteiger partial charge in [-0.05, 0) is 32.0 Å². The van der Waals surface area contributed by atoms with Crippen molar-refractivity contribution in [2.45, 2.75) is 20.0 Å². The Balaban J connectivity index is 2.46. The van der Waals surface area contributed by atoms with E-state index in [-0.39, 0.29) is 12.1 Å². The van der Waals surface area contributed by atoms with Gasteiger partial charge < -0.3 is 10.1 Å². The maximum absolute atomic E-state index is 6.01. The van der Waals surface area contributed by atoms with E-state index in [9.17, 15) is 0 Å². The number of hydrogen-bond acceptors (Lipinski definition) is 5. The molecule has 0 atom stereocenters. The van der Waals surface area contributed by atoms with E-state index in [1.54, 1.807) is 25.2 Å². The average Bonchev–Trinajstić information content (AvgIpc) is 2.40. The summed E-state index contributed by atoms with van der Waals surface area (Å²) in [6.07, 6.45) is -0.0243. The SMILES string of the molecule is CNc1nc(OC(C)C)nc(-c2ccc(Cl)c(Cl)c2)n1. The number of aromatic nitrogens is 3. The van der Waals surface area contributed by atoms with Crippen LogP contribution >= 0.6 is 23.2 Å². The monoisotopic (exact) mass is 312 g/mol. The number of anilines is 1. The van der Waals surface area contributed by atoms with E-state index in [1.165, 1.54) is 0 Å². The number of hydrogen-bond donors (Lipinski definition) is 1. The van der Waals surface area contributed by atoms with Crippen molar-refractivity contribution in [2.75, 3.05) is 12.4 Å². The molecule has 0 bridgehead atoms. The zero-order valence-electron chi connectivity index (χ0n) is 11.3.